The van der Waals surface area contributed by atoms with Gasteiger partial charge in [0.2, 0.25) is 0 Å². The number of carbonyl (C=O) groups excluding carboxylic acids is 1. The van der Waals surface area contributed by atoms with Gasteiger partial charge in [0.05, 0.1) is 6.26 Å². The lowest BCUT2D eigenvalue weighted by atomic mass is 10.1. The van der Waals surface area contributed by atoms with Gasteiger partial charge in [-0.2, -0.15) is 0 Å². The van der Waals surface area contributed by atoms with E-state index in [0.717, 1.165) is 31.1 Å². The predicted molar refractivity (Wildman–Crippen MR) is 45.4 cm³/mol. The van der Waals surface area contributed by atoms with Crippen molar-refractivity contribution in [3.05, 3.63) is 24.0 Å². The van der Waals surface area contributed by atoms with Crippen molar-refractivity contribution in [1.82, 2.24) is 0 Å². The highest BCUT2D eigenvalue weighted by Crippen LogP contribution is 2.07. The fraction of sp³-hybridized carbons (Fsp3) is 0.444. The number of aliphatic hydroxyl groups is 1. The minimum absolute atomic E-state index is 0.704. The van der Waals surface area contributed by atoms with Crippen LogP contribution in [-0.2, 0) is 4.79 Å². The maximum Gasteiger partial charge on any atom is 0.142 e. The lowest BCUT2D eigenvalue weighted by Crippen LogP contribution is -1.79. The summed E-state index contributed by atoms with van der Waals surface area (Å²) in [4.78, 5) is 9.90. The van der Waals surface area contributed by atoms with E-state index in [4.69, 9.17) is 5.11 Å². The standard InChI is InChI=1S/C9H14O2/c1-2-3-5-9(8-11)6-4-7-10/h4,6-8,11H,2-3,5H2,1H3/b6-4+,9-8-. The number of rotatable bonds is 5. The van der Waals surface area contributed by atoms with E-state index in [1.165, 1.54) is 6.08 Å². The Kier molecular flexibility index (Phi) is 6.39. The van der Waals surface area contributed by atoms with E-state index in [0.29, 0.717) is 6.29 Å². The maximum absolute atomic E-state index is 9.90. The summed E-state index contributed by atoms with van der Waals surface area (Å²) in [6.07, 6.45) is 7.73. The Labute approximate surface area is 67.2 Å². The van der Waals surface area contributed by atoms with Gasteiger partial charge >= 0.3 is 0 Å². The first-order chi connectivity index (χ1) is 5.35. The van der Waals surface area contributed by atoms with Crippen molar-refractivity contribution >= 4 is 6.29 Å². The van der Waals surface area contributed by atoms with Crippen molar-refractivity contribution in [2.24, 2.45) is 0 Å². The van der Waals surface area contributed by atoms with E-state index in [2.05, 4.69) is 6.92 Å². The zero-order valence-corrected chi connectivity index (χ0v) is 6.79. The number of allylic oxidation sites excluding steroid dienone is 3. The minimum Gasteiger partial charge on any atom is -0.515 e. The SMILES string of the molecule is CCCCC(=C/O)/C=C/C=O. The lowest BCUT2D eigenvalue weighted by Gasteiger charge is -1.96. The molecule has 1 N–H and O–H groups in total. The Morgan fingerprint density at radius 2 is 2.27 bits per heavy atom. The van der Waals surface area contributed by atoms with Gasteiger partial charge in [0, 0.05) is 0 Å². The monoisotopic (exact) mass is 154 g/mol. The summed E-state index contributed by atoms with van der Waals surface area (Å²) in [6.45, 7) is 2.08. The van der Waals surface area contributed by atoms with Crippen LogP contribution in [0.2, 0.25) is 0 Å². The lowest BCUT2D eigenvalue weighted by molar-refractivity contribution is -0.104. The normalized spacial score (nSPS) is 12.3. The Balaban J connectivity index is 3.77. The molecule has 0 aliphatic heterocycles. The number of carbonyl (C=O) groups is 1. The highest BCUT2D eigenvalue weighted by molar-refractivity contribution is 5.65. The molecule has 2 nitrogen and oxygen atoms in total. The van der Waals surface area contributed by atoms with Crippen LogP contribution in [-0.4, -0.2) is 11.4 Å². The molecular weight excluding hydrogens is 140 g/mol. The van der Waals surface area contributed by atoms with Gasteiger partial charge in [0.25, 0.3) is 0 Å². The first-order valence-corrected chi connectivity index (χ1v) is 3.80. The Hall–Kier alpha value is -1.05. The third-order valence-electron chi connectivity index (χ3n) is 1.37. The molecule has 0 saturated heterocycles. The van der Waals surface area contributed by atoms with Crippen LogP contribution >= 0.6 is 0 Å². The van der Waals surface area contributed by atoms with Gasteiger partial charge in [-0.05, 0) is 24.5 Å². The van der Waals surface area contributed by atoms with Crippen molar-refractivity contribution in [2.45, 2.75) is 26.2 Å². The third-order valence-corrected chi connectivity index (χ3v) is 1.37. The molecular formula is C9H14O2. The molecule has 0 unspecified atom stereocenters. The van der Waals surface area contributed by atoms with E-state index in [1.807, 2.05) is 0 Å². The largest absolute Gasteiger partial charge is 0.515 e. The number of aldehydes is 1. The fourth-order valence-corrected chi connectivity index (χ4v) is 0.735. The molecule has 0 rings (SSSR count). The van der Waals surface area contributed by atoms with Crippen LogP contribution in [0.15, 0.2) is 24.0 Å². The van der Waals surface area contributed by atoms with Gasteiger partial charge in [0.15, 0.2) is 0 Å². The molecule has 0 aromatic heterocycles. The topological polar surface area (TPSA) is 37.3 Å². The van der Waals surface area contributed by atoms with Crippen LogP contribution in [0.3, 0.4) is 0 Å². The maximum atomic E-state index is 9.90. The van der Waals surface area contributed by atoms with Crippen molar-refractivity contribution in [3.8, 4) is 0 Å². The summed E-state index contributed by atoms with van der Waals surface area (Å²) in [5.41, 5.74) is 0.805. The number of hydrogen-bond donors (Lipinski definition) is 1. The summed E-state index contributed by atoms with van der Waals surface area (Å²) < 4.78 is 0. The highest BCUT2D eigenvalue weighted by atomic mass is 16.2. The molecule has 0 atom stereocenters. The van der Waals surface area contributed by atoms with E-state index < -0.39 is 0 Å². The van der Waals surface area contributed by atoms with E-state index in [9.17, 15) is 4.79 Å². The second-order valence-corrected chi connectivity index (χ2v) is 2.30. The molecule has 0 fully saturated rings. The molecule has 2 heteroatoms. The van der Waals surface area contributed by atoms with Crippen LogP contribution in [0.5, 0.6) is 0 Å². The minimum atomic E-state index is 0.704. The number of unbranched alkanes of at least 4 members (excludes halogenated alkanes) is 1. The van der Waals surface area contributed by atoms with Crippen LogP contribution in [0.4, 0.5) is 0 Å². The molecule has 0 heterocycles. The van der Waals surface area contributed by atoms with Crippen LogP contribution in [0.25, 0.3) is 0 Å². The van der Waals surface area contributed by atoms with Gasteiger partial charge in [-0.1, -0.05) is 19.4 Å². The molecule has 0 aliphatic carbocycles. The molecule has 11 heavy (non-hydrogen) atoms. The Morgan fingerprint density at radius 1 is 1.55 bits per heavy atom. The Bertz CT molecular complexity index is 157. The van der Waals surface area contributed by atoms with Gasteiger partial charge in [0.1, 0.15) is 6.29 Å². The predicted octanol–water partition coefficient (Wildman–Crippen LogP) is 2.37. The second-order valence-electron chi connectivity index (χ2n) is 2.30. The summed E-state index contributed by atoms with van der Waals surface area (Å²) in [6, 6.07) is 0. The molecule has 0 spiro atoms. The van der Waals surface area contributed by atoms with E-state index in [-0.39, 0.29) is 0 Å². The van der Waals surface area contributed by atoms with Gasteiger partial charge in [-0.3, -0.25) is 4.79 Å². The molecule has 62 valence electrons. The van der Waals surface area contributed by atoms with E-state index in [1.54, 1.807) is 6.08 Å². The molecule has 0 aliphatic rings. The summed E-state index contributed by atoms with van der Waals surface area (Å²) >= 11 is 0. The van der Waals surface area contributed by atoms with Crippen molar-refractivity contribution in [2.75, 3.05) is 0 Å². The van der Waals surface area contributed by atoms with Crippen LogP contribution in [0.1, 0.15) is 26.2 Å². The number of aliphatic hydroxyl groups excluding tert-OH is 1. The zero-order chi connectivity index (χ0) is 8.53. The third kappa shape index (κ3) is 5.40. The Morgan fingerprint density at radius 3 is 2.73 bits per heavy atom. The van der Waals surface area contributed by atoms with Crippen LogP contribution < -0.4 is 0 Å². The molecule has 0 aromatic carbocycles. The van der Waals surface area contributed by atoms with Crippen molar-refractivity contribution in [1.29, 1.82) is 0 Å². The first-order valence-electron chi connectivity index (χ1n) is 3.80. The summed E-state index contributed by atoms with van der Waals surface area (Å²) in [5, 5.41) is 8.65. The average Bonchev–Trinajstić information content (AvgIpc) is 2.05. The fourth-order valence-electron chi connectivity index (χ4n) is 0.735. The van der Waals surface area contributed by atoms with Gasteiger partial charge in [-0.15, -0.1) is 0 Å². The first kappa shape index (κ1) is 9.95. The average molecular weight is 154 g/mol. The van der Waals surface area contributed by atoms with Crippen LogP contribution in [0, 0.1) is 0 Å². The van der Waals surface area contributed by atoms with Gasteiger partial charge < -0.3 is 5.11 Å². The molecule has 0 aromatic rings. The quantitative estimate of drug-likeness (QED) is 0.286. The number of hydrogen-bond acceptors (Lipinski definition) is 2. The van der Waals surface area contributed by atoms with Crippen molar-refractivity contribution in [3.63, 3.8) is 0 Å². The van der Waals surface area contributed by atoms with E-state index >= 15 is 0 Å². The summed E-state index contributed by atoms with van der Waals surface area (Å²) in [5.74, 6) is 0. The smallest absolute Gasteiger partial charge is 0.142 e. The molecule has 0 bridgehead atoms. The molecule has 0 amide bonds. The van der Waals surface area contributed by atoms with Gasteiger partial charge in [-0.25, -0.2) is 0 Å². The van der Waals surface area contributed by atoms with Crippen molar-refractivity contribution < 1.29 is 9.90 Å². The molecule has 0 radical (unpaired) electrons. The second kappa shape index (κ2) is 7.06. The molecule has 0 saturated carbocycles. The highest BCUT2D eigenvalue weighted by Gasteiger charge is 1.90. The zero-order valence-electron chi connectivity index (χ0n) is 6.79. The summed E-state index contributed by atoms with van der Waals surface area (Å²) in [7, 11) is 0.